The highest BCUT2D eigenvalue weighted by Gasteiger charge is 2.16. The maximum atomic E-state index is 13.1. The molecule has 1 aromatic carbocycles. The summed E-state index contributed by atoms with van der Waals surface area (Å²) in [4.78, 5) is 28.4. The summed E-state index contributed by atoms with van der Waals surface area (Å²) in [5, 5.41) is 3.99. The van der Waals surface area contributed by atoms with Gasteiger partial charge in [0.05, 0.1) is 6.21 Å². The Hall–Kier alpha value is -3.23. The van der Waals surface area contributed by atoms with Gasteiger partial charge in [0.15, 0.2) is 11.2 Å². The lowest BCUT2D eigenvalue weighted by Gasteiger charge is -2.03. The second-order valence-electron chi connectivity index (χ2n) is 5.30. The Labute approximate surface area is 135 Å². The van der Waals surface area contributed by atoms with E-state index in [2.05, 4.69) is 15.5 Å². The van der Waals surface area contributed by atoms with Crippen LogP contribution < -0.4 is 16.7 Å². The predicted octanol–water partition coefficient (Wildman–Crippen LogP) is 0.556. The Morgan fingerprint density at radius 2 is 1.92 bits per heavy atom. The highest BCUT2D eigenvalue weighted by Crippen LogP contribution is 2.13. The number of hydrogen-bond acceptors (Lipinski definition) is 5. The van der Waals surface area contributed by atoms with E-state index in [0.29, 0.717) is 5.56 Å². The Bertz CT molecular complexity index is 1080. The first-order chi connectivity index (χ1) is 11.4. The summed E-state index contributed by atoms with van der Waals surface area (Å²) in [6, 6.07) is 5.94. The molecule has 2 heterocycles. The molecule has 0 aliphatic rings. The SMILES string of the molecule is Cn1c(=O)c2c(nc(NN=Cc3cccc(F)c3)n2C)n(C)c1=O. The van der Waals surface area contributed by atoms with Gasteiger partial charge in [-0.1, -0.05) is 12.1 Å². The van der Waals surface area contributed by atoms with Gasteiger partial charge in [0.2, 0.25) is 5.95 Å². The van der Waals surface area contributed by atoms with Crippen molar-refractivity contribution in [1.29, 1.82) is 0 Å². The van der Waals surface area contributed by atoms with E-state index in [1.807, 2.05) is 0 Å². The van der Waals surface area contributed by atoms with Crippen molar-refractivity contribution < 1.29 is 4.39 Å². The Kier molecular flexibility index (Phi) is 3.76. The van der Waals surface area contributed by atoms with E-state index >= 15 is 0 Å². The molecule has 3 rings (SSSR count). The van der Waals surface area contributed by atoms with E-state index in [-0.39, 0.29) is 22.9 Å². The molecule has 2 aromatic heterocycles. The minimum atomic E-state index is -0.458. The number of hydrogen-bond donors (Lipinski definition) is 1. The molecule has 0 fully saturated rings. The molecule has 9 heteroatoms. The fourth-order valence-electron chi connectivity index (χ4n) is 2.37. The van der Waals surface area contributed by atoms with Crippen molar-refractivity contribution in [2.45, 2.75) is 0 Å². The van der Waals surface area contributed by atoms with Gasteiger partial charge in [-0.15, -0.1) is 0 Å². The molecule has 0 bridgehead atoms. The largest absolute Gasteiger partial charge is 0.332 e. The van der Waals surface area contributed by atoms with Crippen molar-refractivity contribution in [3.05, 3.63) is 56.5 Å². The zero-order valence-electron chi connectivity index (χ0n) is 13.3. The van der Waals surface area contributed by atoms with Crippen molar-refractivity contribution in [2.24, 2.45) is 26.2 Å². The van der Waals surface area contributed by atoms with Crippen molar-refractivity contribution in [3.8, 4) is 0 Å². The molecule has 0 radical (unpaired) electrons. The number of fused-ring (bicyclic) bond motifs is 1. The zero-order valence-corrected chi connectivity index (χ0v) is 13.3. The van der Waals surface area contributed by atoms with E-state index in [1.165, 1.54) is 41.6 Å². The van der Waals surface area contributed by atoms with E-state index in [1.54, 1.807) is 19.2 Å². The van der Waals surface area contributed by atoms with Gasteiger partial charge in [-0.25, -0.2) is 14.6 Å². The number of halogens is 1. The van der Waals surface area contributed by atoms with E-state index in [0.717, 1.165) is 4.57 Å². The number of nitrogens with one attached hydrogen (secondary N) is 1. The second-order valence-corrected chi connectivity index (χ2v) is 5.30. The van der Waals surface area contributed by atoms with Gasteiger partial charge in [0, 0.05) is 21.1 Å². The average molecular weight is 330 g/mol. The second kappa shape index (κ2) is 5.76. The van der Waals surface area contributed by atoms with Crippen LogP contribution in [0.2, 0.25) is 0 Å². The summed E-state index contributed by atoms with van der Waals surface area (Å²) in [5.74, 6) is -0.0730. The van der Waals surface area contributed by atoms with Crippen LogP contribution in [0.15, 0.2) is 39.0 Å². The molecule has 0 amide bonds. The standard InChI is InChI=1S/C15H15FN6O2/c1-20-11-12(21(2)15(24)22(3)13(11)23)18-14(20)19-17-8-9-5-4-6-10(16)7-9/h4-8H,1-3H3,(H,18,19). The van der Waals surface area contributed by atoms with Gasteiger partial charge in [-0.2, -0.15) is 10.1 Å². The van der Waals surface area contributed by atoms with Crippen LogP contribution in [0.5, 0.6) is 0 Å². The topological polar surface area (TPSA) is 86.2 Å². The zero-order chi connectivity index (χ0) is 17.4. The maximum Gasteiger partial charge on any atom is 0.332 e. The van der Waals surface area contributed by atoms with E-state index in [9.17, 15) is 14.0 Å². The quantitative estimate of drug-likeness (QED) is 0.561. The van der Waals surface area contributed by atoms with Gasteiger partial charge >= 0.3 is 5.69 Å². The van der Waals surface area contributed by atoms with Crippen LogP contribution in [0.4, 0.5) is 10.3 Å². The van der Waals surface area contributed by atoms with Crippen LogP contribution in [-0.2, 0) is 21.1 Å². The Morgan fingerprint density at radius 3 is 2.62 bits per heavy atom. The molecular weight excluding hydrogens is 315 g/mol. The van der Waals surface area contributed by atoms with Crippen LogP contribution in [-0.4, -0.2) is 24.9 Å². The average Bonchev–Trinajstić information content (AvgIpc) is 2.88. The lowest BCUT2D eigenvalue weighted by Crippen LogP contribution is -2.37. The maximum absolute atomic E-state index is 13.1. The first-order valence-corrected chi connectivity index (χ1v) is 7.07. The minimum absolute atomic E-state index is 0.258. The summed E-state index contributed by atoms with van der Waals surface area (Å²) < 4.78 is 16.9. The molecule has 8 nitrogen and oxygen atoms in total. The molecular formula is C15H15FN6O2. The fraction of sp³-hybridized carbons (Fsp3) is 0.200. The molecule has 0 atom stereocenters. The van der Waals surface area contributed by atoms with Gasteiger partial charge in [-0.05, 0) is 17.7 Å². The van der Waals surface area contributed by atoms with Gasteiger partial charge in [0.1, 0.15) is 5.82 Å². The molecule has 124 valence electrons. The number of aryl methyl sites for hydroxylation is 2. The van der Waals surface area contributed by atoms with E-state index < -0.39 is 11.2 Å². The van der Waals surface area contributed by atoms with E-state index in [4.69, 9.17) is 0 Å². The summed E-state index contributed by atoms with van der Waals surface area (Å²) in [6.45, 7) is 0. The summed E-state index contributed by atoms with van der Waals surface area (Å²) in [5.41, 5.74) is 2.91. The molecule has 1 N–H and O–H groups in total. The van der Waals surface area contributed by atoms with Crippen LogP contribution in [0.1, 0.15) is 5.56 Å². The molecule has 0 saturated heterocycles. The normalized spacial score (nSPS) is 11.5. The summed E-state index contributed by atoms with van der Waals surface area (Å²) in [7, 11) is 4.59. The number of nitrogens with zero attached hydrogens (tertiary/aromatic N) is 5. The van der Waals surface area contributed by atoms with Crippen LogP contribution in [0.3, 0.4) is 0 Å². The van der Waals surface area contributed by atoms with Gasteiger partial charge < -0.3 is 4.57 Å². The number of benzene rings is 1. The third-order valence-corrected chi connectivity index (χ3v) is 3.70. The molecule has 0 aliphatic heterocycles. The number of hydrazone groups is 1. The fourth-order valence-corrected chi connectivity index (χ4v) is 2.37. The minimum Gasteiger partial charge on any atom is -0.306 e. The molecule has 0 unspecified atom stereocenters. The monoisotopic (exact) mass is 330 g/mol. The highest BCUT2D eigenvalue weighted by atomic mass is 19.1. The molecule has 24 heavy (non-hydrogen) atoms. The Morgan fingerprint density at radius 1 is 1.17 bits per heavy atom. The van der Waals surface area contributed by atoms with Crippen molar-refractivity contribution in [1.82, 2.24) is 18.7 Å². The predicted molar refractivity (Wildman–Crippen MR) is 88.8 cm³/mol. The van der Waals surface area contributed by atoms with Gasteiger partial charge in [0.25, 0.3) is 5.56 Å². The van der Waals surface area contributed by atoms with Crippen LogP contribution in [0, 0.1) is 5.82 Å². The lowest BCUT2D eigenvalue weighted by molar-refractivity contribution is 0.627. The smallest absolute Gasteiger partial charge is 0.306 e. The van der Waals surface area contributed by atoms with Crippen molar-refractivity contribution in [3.63, 3.8) is 0 Å². The third kappa shape index (κ3) is 2.49. The van der Waals surface area contributed by atoms with Crippen molar-refractivity contribution in [2.75, 3.05) is 5.43 Å². The molecule has 3 aromatic rings. The lowest BCUT2D eigenvalue weighted by atomic mass is 10.2. The number of anilines is 1. The summed E-state index contributed by atoms with van der Waals surface area (Å²) >= 11 is 0. The highest BCUT2D eigenvalue weighted by molar-refractivity contribution is 5.80. The number of rotatable bonds is 3. The van der Waals surface area contributed by atoms with Gasteiger partial charge in [-0.3, -0.25) is 13.9 Å². The molecule has 0 spiro atoms. The van der Waals surface area contributed by atoms with Crippen LogP contribution >= 0.6 is 0 Å². The third-order valence-electron chi connectivity index (χ3n) is 3.70. The van der Waals surface area contributed by atoms with Crippen molar-refractivity contribution >= 4 is 23.3 Å². The first kappa shape index (κ1) is 15.7. The number of aromatic nitrogens is 4. The summed E-state index contributed by atoms with van der Waals surface area (Å²) in [6.07, 6.45) is 1.43. The molecule has 0 saturated carbocycles. The molecule has 0 aliphatic carbocycles. The first-order valence-electron chi connectivity index (χ1n) is 7.07. The Balaban J connectivity index is 2.01. The van der Waals surface area contributed by atoms with Crippen LogP contribution in [0.25, 0.3) is 11.2 Å². The number of imidazole rings is 1.